The van der Waals surface area contributed by atoms with E-state index in [4.69, 9.17) is 4.74 Å². The van der Waals surface area contributed by atoms with E-state index in [0.717, 1.165) is 12.1 Å². The van der Waals surface area contributed by atoms with Crippen LogP contribution in [0, 0.1) is 24.4 Å². The van der Waals surface area contributed by atoms with E-state index in [2.05, 4.69) is 5.32 Å². The van der Waals surface area contributed by atoms with Gasteiger partial charge in [-0.25, -0.2) is 13.2 Å². The molecule has 0 spiro atoms. The molecule has 0 heterocycles. The van der Waals surface area contributed by atoms with Gasteiger partial charge in [-0.3, -0.25) is 4.79 Å². The van der Waals surface area contributed by atoms with Crippen LogP contribution in [0.25, 0.3) is 0 Å². The van der Waals surface area contributed by atoms with E-state index in [0.29, 0.717) is 5.56 Å². The topological polar surface area (TPSA) is 38.3 Å². The second-order valence-corrected chi connectivity index (χ2v) is 4.38. The summed E-state index contributed by atoms with van der Waals surface area (Å²) in [6, 6.07) is 7.21. The van der Waals surface area contributed by atoms with Crippen LogP contribution < -0.4 is 10.1 Å². The van der Waals surface area contributed by atoms with E-state index in [1.165, 1.54) is 18.2 Å². The van der Waals surface area contributed by atoms with Crippen molar-refractivity contribution < 1.29 is 22.7 Å². The molecule has 2 aromatic carbocycles. The van der Waals surface area contributed by atoms with Gasteiger partial charge in [0.2, 0.25) is 0 Å². The Morgan fingerprint density at radius 3 is 2.48 bits per heavy atom. The quantitative estimate of drug-likeness (QED) is 0.938. The summed E-state index contributed by atoms with van der Waals surface area (Å²) < 4.78 is 44.0. The van der Waals surface area contributed by atoms with E-state index in [9.17, 15) is 18.0 Å². The molecule has 2 aromatic rings. The Morgan fingerprint density at radius 1 is 1.05 bits per heavy atom. The smallest absolute Gasteiger partial charge is 0.262 e. The number of carbonyl (C=O) groups excluding carboxylic acids is 1. The number of amides is 1. The van der Waals surface area contributed by atoms with Crippen molar-refractivity contribution in [1.82, 2.24) is 0 Å². The molecule has 0 aliphatic carbocycles. The van der Waals surface area contributed by atoms with Crippen LogP contribution in [-0.2, 0) is 4.79 Å². The fourth-order valence-corrected chi connectivity index (χ4v) is 1.58. The lowest BCUT2D eigenvalue weighted by molar-refractivity contribution is -0.118. The first-order valence-electron chi connectivity index (χ1n) is 6.09. The minimum Gasteiger partial charge on any atom is -0.484 e. The molecule has 6 heteroatoms. The van der Waals surface area contributed by atoms with Gasteiger partial charge in [-0.1, -0.05) is 6.07 Å². The van der Waals surface area contributed by atoms with Gasteiger partial charge in [0.1, 0.15) is 11.6 Å². The summed E-state index contributed by atoms with van der Waals surface area (Å²) in [6.07, 6.45) is 0. The Labute approximate surface area is 119 Å². The lowest BCUT2D eigenvalue weighted by atomic mass is 10.2. The average Bonchev–Trinajstić information content (AvgIpc) is 2.44. The normalized spacial score (nSPS) is 10.3. The second-order valence-electron chi connectivity index (χ2n) is 4.38. The summed E-state index contributed by atoms with van der Waals surface area (Å²) in [4.78, 5) is 11.6. The molecule has 0 aliphatic heterocycles. The summed E-state index contributed by atoms with van der Waals surface area (Å²) in [6.45, 7) is 1.20. The number of hydrogen-bond acceptors (Lipinski definition) is 2. The van der Waals surface area contributed by atoms with Gasteiger partial charge in [0.15, 0.2) is 18.2 Å². The van der Waals surface area contributed by atoms with Crippen LogP contribution in [0.2, 0.25) is 0 Å². The van der Waals surface area contributed by atoms with E-state index >= 15 is 0 Å². The molecule has 0 fully saturated rings. The van der Waals surface area contributed by atoms with Crippen molar-refractivity contribution in [3.8, 4) is 5.75 Å². The molecule has 0 aliphatic rings. The minimum absolute atomic E-state index is 0.0270. The zero-order chi connectivity index (χ0) is 15.4. The highest BCUT2D eigenvalue weighted by molar-refractivity contribution is 5.91. The SMILES string of the molecule is Cc1ccc(NC(=O)COc2ccc(F)c(F)c2)cc1F. The maximum Gasteiger partial charge on any atom is 0.262 e. The first kappa shape index (κ1) is 14.9. The lowest BCUT2D eigenvalue weighted by Gasteiger charge is -2.08. The average molecular weight is 295 g/mol. The molecule has 0 saturated heterocycles. The van der Waals surface area contributed by atoms with Crippen LogP contribution in [0.3, 0.4) is 0 Å². The highest BCUT2D eigenvalue weighted by Gasteiger charge is 2.07. The van der Waals surface area contributed by atoms with Crippen LogP contribution in [0.4, 0.5) is 18.9 Å². The van der Waals surface area contributed by atoms with Gasteiger partial charge < -0.3 is 10.1 Å². The first-order valence-corrected chi connectivity index (χ1v) is 6.09. The minimum atomic E-state index is -1.06. The molecule has 21 heavy (non-hydrogen) atoms. The van der Waals surface area contributed by atoms with Gasteiger partial charge in [0, 0.05) is 11.8 Å². The van der Waals surface area contributed by atoms with Crippen molar-refractivity contribution in [3.63, 3.8) is 0 Å². The number of rotatable bonds is 4. The number of nitrogens with one attached hydrogen (secondary N) is 1. The Morgan fingerprint density at radius 2 is 1.81 bits per heavy atom. The Hall–Kier alpha value is -2.50. The molecular formula is C15H12F3NO2. The number of anilines is 1. The molecule has 3 nitrogen and oxygen atoms in total. The highest BCUT2D eigenvalue weighted by atomic mass is 19.2. The van der Waals surface area contributed by atoms with Crippen LogP contribution in [0.1, 0.15) is 5.56 Å². The standard InChI is InChI=1S/C15H12F3NO2/c1-9-2-3-10(6-13(9)17)19-15(20)8-21-11-4-5-12(16)14(18)7-11/h2-7H,8H2,1H3,(H,19,20). The van der Waals surface area contributed by atoms with E-state index < -0.39 is 30.0 Å². The maximum absolute atomic E-state index is 13.3. The molecule has 2 rings (SSSR count). The van der Waals surface area contributed by atoms with Crippen molar-refractivity contribution in [1.29, 1.82) is 0 Å². The number of carbonyl (C=O) groups is 1. The predicted octanol–water partition coefficient (Wildman–Crippen LogP) is 3.43. The van der Waals surface area contributed by atoms with E-state index in [-0.39, 0.29) is 11.4 Å². The largest absolute Gasteiger partial charge is 0.484 e. The number of aryl methyl sites for hydroxylation is 1. The van der Waals surface area contributed by atoms with Gasteiger partial charge >= 0.3 is 0 Å². The molecule has 0 unspecified atom stereocenters. The summed E-state index contributed by atoms with van der Waals surface area (Å²) in [5.41, 5.74) is 0.753. The van der Waals surface area contributed by atoms with E-state index in [1.807, 2.05) is 0 Å². The van der Waals surface area contributed by atoms with Crippen molar-refractivity contribution in [3.05, 3.63) is 59.4 Å². The Bertz CT molecular complexity index is 674. The molecule has 0 radical (unpaired) electrons. The predicted molar refractivity (Wildman–Crippen MR) is 71.6 cm³/mol. The van der Waals surface area contributed by atoms with Gasteiger partial charge in [-0.15, -0.1) is 0 Å². The molecule has 1 amide bonds. The summed E-state index contributed by atoms with van der Waals surface area (Å²) in [5.74, 6) is -3.01. The third-order valence-corrected chi connectivity index (χ3v) is 2.72. The number of hydrogen-bond donors (Lipinski definition) is 1. The fraction of sp³-hybridized carbons (Fsp3) is 0.133. The van der Waals surface area contributed by atoms with Gasteiger partial charge in [0.05, 0.1) is 0 Å². The van der Waals surface area contributed by atoms with Crippen LogP contribution in [0.15, 0.2) is 36.4 Å². The van der Waals surface area contributed by atoms with Gasteiger partial charge in [0.25, 0.3) is 5.91 Å². The highest BCUT2D eigenvalue weighted by Crippen LogP contribution is 2.16. The van der Waals surface area contributed by atoms with E-state index in [1.54, 1.807) is 13.0 Å². The lowest BCUT2D eigenvalue weighted by Crippen LogP contribution is -2.20. The zero-order valence-corrected chi connectivity index (χ0v) is 11.1. The first-order chi connectivity index (χ1) is 9.95. The molecule has 0 aromatic heterocycles. The van der Waals surface area contributed by atoms with Crippen LogP contribution >= 0.6 is 0 Å². The van der Waals surface area contributed by atoms with Crippen molar-refractivity contribution in [2.24, 2.45) is 0 Å². The molecule has 110 valence electrons. The maximum atomic E-state index is 13.3. The number of benzene rings is 2. The third kappa shape index (κ3) is 3.98. The number of halogens is 3. The Balaban J connectivity index is 1.92. The molecule has 0 bridgehead atoms. The molecule has 0 atom stereocenters. The summed E-state index contributed by atoms with van der Waals surface area (Å²) >= 11 is 0. The van der Waals surface area contributed by atoms with Crippen molar-refractivity contribution >= 4 is 11.6 Å². The summed E-state index contributed by atoms with van der Waals surface area (Å²) in [5, 5.41) is 2.43. The van der Waals surface area contributed by atoms with Gasteiger partial charge in [-0.05, 0) is 36.8 Å². The Kier molecular flexibility index (Phi) is 4.47. The molecule has 1 N–H and O–H groups in total. The van der Waals surface area contributed by atoms with Crippen molar-refractivity contribution in [2.75, 3.05) is 11.9 Å². The molecule has 0 saturated carbocycles. The van der Waals surface area contributed by atoms with Gasteiger partial charge in [-0.2, -0.15) is 0 Å². The molecular weight excluding hydrogens is 283 g/mol. The number of ether oxygens (including phenoxy) is 1. The van der Waals surface area contributed by atoms with Crippen LogP contribution in [-0.4, -0.2) is 12.5 Å². The van der Waals surface area contributed by atoms with Crippen molar-refractivity contribution in [2.45, 2.75) is 6.92 Å². The monoisotopic (exact) mass is 295 g/mol. The second kappa shape index (κ2) is 6.30. The fourth-order valence-electron chi connectivity index (χ4n) is 1.58. The summed E-state index contributed by atoms with van der Waals surface area (Å²) in [7, 11) is 0. The van der Waals surface area contributed by atoms with Crippen LogP contribution in [0.5, 0.6) is 5.75 Å². The third-order valence-electron chi connectivity index (χ3n) is 2.72. The zero-order valence-electron chi connectivity index (χ0n) is 11.1.